The summed E-state index contributed by atoms with van der Waals surface area (Å²) in [6.07, 6.45) is 6.35. The van der Waals surface area contributed by atoms with Crippen molar-refractivity contribution >= 4 is 0 Å². The molecule has 2 heteroatoms. The van der Waals surface area contributed by atoms with E-state index in [1.807, 2.05) is 0 Å². The fraction of sp³-hybridized carbons (Fsp3) is 0.684. The Morgan fingerprint density at radius 3 is 2.86 bits per heavy atom. The fourth-order valence-electron chi connectivity index (χ4n) is 2.97. The molecule has 2 nitrogen and oxygen atoms in total. The lowest BCUT2D eigenvalue weighted by atomic mass is 9.86. The molecule has 1 unspecified atom stereocenters. The molecule has 1 aromatic rings. The molecule has 118 valence electrons. The first-order valence-corrected chi connectivity index (χ1v) is 8.51. The molecule has 1 heterocycles. The average Bonchev–Trinajstić information content (AvgIpc) is 2.92. The van der Waals surface area contributed by atoms with Gasteiger partial charge < -0.3 is 10.1 Å². The normalized spacial score (nSPS) is 15.6. The van der Waals surface area contributed by atoms with Crippen LogP contribution in [0, 0.1) is 5.41 Å². The third-order valence-corrected chi connectivity index (χ3v) is 4.56. The van der Waals surface area contributed by atoms with Crippen molar-refractivity contribution in [2.75, 3.05) is 13.2 Å². The van der Waals surface area contributed by atoms with E-state index in [-0.39, 0.29) is 0 Å². The van der Waals surface area contributed by atoms with Gasteiger partial charge in [0.15, 0.2) is 0 Å². The van der Waals surface area contributed by atoms with Crippen molar-refractivity contribution in [3.05, 3.63) is 29.3 Å². The summed E-state index contributed by atoms with van der Waals surface area (Å²) in [6.45, 7) is 11.2. The quantitative estimate of drug-likeness (QED) is 0.689. The standard InChI is InChI=1S/C19H31NO/c1-5-6-7-11-19(3,4)14-20-15(2)16-8-9-18-17(13-16)10-12-21-18/h8-9,13,15,20H,5-7,10-12,14H2,1-4H3. The van der Waals surface area contributed by atoms with Gasteiger partial charge in [-0.3, -0.25) is 0 Å². The minimum absolute atomic E-state index is 0.378. The summed E-state index contributed by atoms with van der Waals surface area (Å²) >= 11 is 0. The lowest BCUT2D eigenvalue weighted by molar-refractivity contribution is 0.291. The van der Waals surface area contributed by atoms with Gasteiger partial charge in [-0.05, 0) is 36.0 Å². The van der Waals surface area contributed by atoms with E-state index in [0.717, 1.165) is 25.3 Å². The smallest absolute Gasteiger partial charge is 0.122 e. The Bertz CT molecular complexity index is 453. The number of hydrogen-bond donors (Lipinski definition) is 1. The summed E-state index contributed by atoms with van der Waals surface area (Å²) in [6, 6.07) is 7.04. The molecular weight excluding hydrogens is 258 g/mol. The van der Waals surface area contributed by atoms with Gasteiger partial charge in [-0.1, -0.05) is 52.2 Å². The lowest BCUT2D eigenvalue weighted by Gasteiger charge is -2.27. The molecule has 0 saturated heterocycles. The zero-order valence-electron chi connectivity index (χ0n) is 14.2. The molecule has 1 atom stereocenters. The van der Waals surface area contributed by atoms with E-state index >= 15 is 0 Å². The van der Waals surface area contributed by atoms with Crippen molar-refractivity contribution in [2.24, 2.45) is 5.41 Å². The number of rotatable bonds is 8. The summed E-state index contributed by atoms with van der Waals surface area (Å²) in [4.78, 5) is 0. The highest BCUT2D eigenvalue weighted by Gasteiger charge is 2.19. The second-order valence-electron chi connectivity index (χ2n) is 7.19. The maximum atomic E-state index is 5.58. The third-order valence-electron chi connectivity index (χ3n) is 4.56. The van der Waals surface area contributed by atoms with Gasteiger partial charge in [-0.2, -0.15) is 0 Å². The summed E-state index contributed by atoms with van der Waals surface area (Å²) < 4.78 is 5.58. The largest absolute Gasteiger partial charge is 0.493 e. The number of hydrogen-bond acceptors (Lipinski definition) is 2. The zero-order chi connectivity index (χ0) is 15.3. The van der Waals surface area contributed by atoms with Crippen molar-refractivity contribution in [3.63, 3.8) is 0 Å². The monoisotopic (exact) mass is 289 g/mol. The highest BCUT2D eigenvalue weighted by molar-refractivity contribution is 5.40. The first-order chi connectivity index (χ1) is 10.0. The van der Waals surface area contributed by atoms with Crippen LogP contribution in [0.2, 0.25) is 0 Å². The first-order valence-electron chi connectivity index (χ1n) is 8.51. The van der Waals surface area contributed by atoms with Crippen molar-refractivity contribution < 1.29 is 4.74 Å². The Hall–Kier alpha value is -1.02. The zero-order valence-corrected chi connectivity index (χ0v) is 14.2. The number of benzene rings is 1. The van der Waals surface area contributed by atoms with Crippen LogP contribution >= 0.6 is 0 Å². The van der Waals surface area contributed by atoms with Crippen LogP contribution in [0.25, 0.3) is 0 Å². The maximum absolute atomic E-state index is 5.58. The molecule has 0 spiro atoms. The molecule has 0 saturated carbocycles. The number of fused-ring (bicyclic) bond motifs is 1. The van der Waals surface area contributed by atoms with E-state index in [0.29, 0.717) is 11.5 Å². The van der Waals surface area contributed by atoms with Crippen molar-refractivity contribution in [2.45, 2.75) is 65.8 Å². The Morgan fingerprint density at radius 1 is 1.29 bits per heavy atom. The van der Waals surface area contributed by atoms with Gasteiger partial charge in [0.1, 0.15) is 5.75 Å². The van der Waals surface area contributed by atoms with Gasteiger partial charge in [0, 0.05) is 19.0 Å². The molecular formula is C19H31NO. The molecule has 0 aromatic heterocycles. The number of unbranched alkanes of at least 4 members (excludes halogenated alkanes) is 2. The summed E-state index contributed by atoms with van der Waals surface area (Å²) in [5.41, 5.74) is 3.12. The van der Waals surface area contributed by atoms with Gasteiger partial charge in [0.2, 0.25) is 0 Å². The highest BCUT2D eigenvalue weighted by atomic mass is 16.5. The second-order valence-corrected chi connectivity index (χ2v) is 7.19. The molecule has 0 radical (unpaired) electrons. The first kappa shape index (κ1) is 16.4. The third kappa shape index (κ3) is 4.74. The Kier molecular flexibility index (Phi) is 5.69. The summed E-state index contributed by atoms with van der Waals surface area (Å²) in [7, 11) is 0. The van der Waals surface area contributed by atoms with Crippen LogP contribution in [0.3, 0.4) is 0 Å². The highest BCUT2D eigenvalue weighted by Crippen LogP contribution is 2.29. The van der Waals surface area contributed by atoms with Crippen molar-refractivity contribution in [1.29, 1.82) is 0 Å². The van der Waals surface area contributed by atoms with Crippen LogP contribution in [0.1, 0.15) is 70.5 Å². The molecule has 1 N–H and O–H groups in total. The van der Waals surface area contributed by atoms with Crippen LogP contribution in [-0.2, 0) is 6.42 Å². The Labute approximate surface area is 130 Å². The summed E-state index contributed by atoms with van der Waals surface area (Å²) in [5, 5.41) is 3.72. The van der Waals surface area contributed by atoms with Gasteiger partial charge in [-0.25, -0.2) is 0 Å². The molecule has 1 aliphatic heterocycles. The molecule has 1 aromatic carbocycles. The van der Waals surface area contributed by atoms with Crippen LogP contribution in [0.4, 0.5) is 0 Å². The molecule has 0 aliphatic carbocycles. The molecule has 21 heavy (non-hydrogen) atoms. The van der Waals surface area contributed by atoms with Crippen LogP contribution in [0.15, 0.2) is 18.2 Å². The Balaban J connectivity index is 1.85. The van der Waals surface area contributed by atoms with E-state index in [1.165, 1.54) is 36.8 Å². The molecule has 0 fully saturated rings. The van der Waals surface area contributed by atoms with Gasteiger partial charge in [-0.15, -0.1) is 0 Å². The molecule has 0 bridgehead atoms. The van der Waals surface area contributed by atoms with E-state index in [9.17, 15) is 0 Å². The van der Waals surface area contributed by atoms with Crippen molar-refractivity contribution in [3.8, 4) is 5.75 Å². The predicted octanol–water partition coefficient (Wildman–Crippen LogP) is 4.88. The SMILES string of the molecule is CCCCCC(C)(C)CNC(C)c1ccc2c(c1)CCO2. The fourth-order valence-corrected chi connectivity index (χ4v) is 2.97. The minimum atomic E-state index is 0.378. The second kappa shape index (κ2) is 7.31. The minimum Gasteiger partial charge on any atom is -0.493 e. The number of nitrogens with one attached hydrogen (secondary N) is 1. The van der Waals surface area contributed by atoms with E-state index in [1.54, 1.807) is 0 Å². The van der Waals surface area contributed by atoms with Crippen LogP contribution in [0.5, 0.6) is 5.75 Å². The van der Waals surface area contributed by atoms with Gasteiger partial charge >= 0.3 is 0 Å². The average molecular weight is 289 g/mol. The molecule has 2 rings (SSSR count). The van der Waals surface area contributed by atoms with E-state index in [2.05, 4.69) is 51.2 Å². The lowest BCUT2D eigenvalue weighted by Crippen LogP contribution is -2.31. The van der Waals surface area contributed by atoms with Crippen LogP contribution < -0.4 is 10.1 Å². The predicted molar refractivity (Wildman–Crippen MR) is 90.0 cm³/mol. The number of ether oxygens (including phenoxy) is 1. The van der Waals surface area contributed by atoms with Gasteiger partial charge in [0.05, 0.1) is 6.61 Å². The topological polar surface area (TPSA) is 21.3 Å². The molecule has 0 amide bonds. The maximum Gasteiger partial charge on any atom is 0.122 e. The van der Waals surface area contributed by atoms with Crippen molar-refractivity contribution in [1.82, 2.24) is 5.32 Å². The van der Waals surface area contributed by atoms with Gasteiger partial charge in [0.25, 0.3) is 0 Å². The van der Waals surface area contributed by atoms with E-state index in [4.69, 9.17) is 4.74 Å². The van der Waals surface area contributed by atoms with Crippen LogP contribution in [-0.4, -0.2) is 13.2 Å². The summed E-state index contributed by atoms with van der Waals surface area (Å²) in [5.74, 6) is 1.07. The van der Waals surface area contributed by atoms with E-state index < -0.39 is 0 Å². The molecule has 1 aliphatic rings. The Morgan fingerprint density at radius 2 is 2.10 bits per heavy atom.